The normalized spacial score (nSPS) is 11.8. The van der Waals surface area contributed by atoms with Crippen LogP contribution in [0.5, 0.6) is 0 Å². The third-order valence-corrected chi connectivity index (χ3v) is 2.69. The first kappa shape index (κ1) is 10.9. The summed E-state index contributed by atoms with van der Waals surface area (Å²) in [6.45, 7) is 8.47. The summed E-state index contributed by atoms with van der Waals surface area (Å²) >= 11 is 0. The van der Waals surface area contributed by atoms with Crippen LogP contribution in [0.4, 0.5) is 0 Å². The highest BCUT2D eigenvalue weighted by Crippen LogP contribution is 2.28. The van der Waals surface area contributed by atoms with Crippen LogP contribution < -0.4 is 0 Å². The number of aromatic nitrogens is 1. The number of hydrogen-bond acceptors (Lipinski definition) is 2. The molecule has 84 valence electrons. The van der Waals surface area contributed by atoms with E-state index in [0.29, 0.717) is 0 Å². The lowest BCUT2D eigenvalue weighted by Crippen LogP contribution is -2.10. The van der Waals surface area contributed by atoms with E-state index >= 15 is 0 Å². The molecule has 2 rings (SSSR count). The van der Waals surface area contributed by atoms with E-state index in [0.717, 1.165) is 17.0 Å². The van der Waals surface area contributed by atoms with Crippen LogP contribution in [0.15, 0.2) is 34.9 Å². The third kappa shape index (κ3) is 2.01. The molecule has 2 heteroatoms. The molecule has 0 fully saturated rings. The van der Waals surface area contributed by atoms with Crippen LogP contribution in [-0.2, 0) is 5.41 Å². The van der Waals surface area contributed by atoms with Crippen LogP contribution in [0.2, 0.25) is 0 Å². The Hall–Kier alpha value is -1.57. The van der Waals surface area contributed by atoms with Crippen molar-refractivity contribution in [2.24, 2.45) is 0 Å². The van der Waals surface area contributed by atoms with Crippen molar-refractivity contribution in [3.8, 4) is 11.3 Å². The molecule has 0 aliphatic heterocycles. The molecule has 0 atom stereocenters. The van der Waals surface area contributed by atoms with Gasteiger partial charge in [0.2, 0.25) is 0 Å². The van der Waals surface area contributed by atoms with Crippen LogP contribution in [0.3, 0.4) is 0 Å². The van der Waals surface area contributed by atoms with Gasteiger partial charge in [-0.3, -0.25) is 0 Å². The first-order valence-electron chi connectivity index (χ1n) is 5.52. The molecule has 0 N–H and O–H groups in total. The SMILES string of the molecule is Cc1ccccc1-c1cc(C(C)(C)C)no1. The summed E-state index contributed by atoms with van der Waals surface area (Å²) in [6.07, 6.45) is 0. The summed E-state index contributed by atoms with van der Waals surface area (Å²) in [5.41, 5.74) is 3.35. The van der Waals surface area contributed by atoms with Gasteiger partial charge in [-0.1, -0.05) is 50.2 Å². The van der Waals surface area contributed by atoms with Gasteiger partial charge in [0.05, 0.1) is 5.69 Å². The van der Waals surface area contributed by atoms with Gasteiger partial charge in [0.25, 0.3) is 0 Å². The molecule has 0 saturated carbocycles. The molecule has 0 aliphatic rings. The Kier molecular flexibility index (Phi) is 2.58. The van der Waals surface area contributed by atoms with Crippen LogP contribution in [-0.4, -0.2) is 5.16 Å². The van der Waals surface area contributed by atoms with E-state index in [9.17, 15) is 0 Å². The molecule has 0 spiro atoms. The minimum atomic E-state index is 0.0322. The van der Waals surface area contributed by atoms with Gasteiger partial charge in [0, 0.05) is 17.0 Å². The smallest absolute Gasteiger partial charge is 0.167 e. The van der Waals surface area contributed by atoms with Crippen molar-refractivity contribution >= 4 is 0 Å². The summed E-state index contributed by atoms with van der Waals surface area (Å²) in [4.78, 5) is 0. The zero-order valence-electron chi connectivity index (χ0n) is 10.2. The molecule has 0 bridgehead atoms. The lowest BCUT2D eigenvalue weighted by atomic mass is 9.92. The fraction of sp³-hybridized carbons (Fsp3) is 0.357. The summed E-state index contributed by atoms with van der Waals surface area (Å²) in [5, 5.41) is 4.13. The second-order valence-corrected chi connectivity index (χ2v) is 5.14. The molecule has 0 saturated heterocycles. The highest BCUT2D eigenvalue weighted by Gasteiger charge is 2.19. The number of nitrogens with zero attached hydrogens (tertiary/aromatic N) is 1. The van der Waals surface area contributed by atoms with E-state index in [1.807, 2.05) is 18.2 Å². The first-order valence-corrected chi connectivity index (χ1v) is 5.52. The van der Waals surface area contributed by atoms with E-state index in [1.165, 1.54) is 5.56 Å². The van der Waals surface area contributed by atoms with Crippen molar-refractivity contribution in [2.45, 2.75) is 33.1 Å². The zero-order valence-corrected chi connectivity index (χ0v) is 10.2. The molecule has 0 aliphatic carbocycles. The number of hydrogen-bond donors (Lipinski definition) is 0. The fourth-order valence-corrected chi connectivity index (χ4v) is 1.60. The molecular formula is C14H17NO. The highest BCUT2D eigenvalue weighted by atomic mass is 16.5. The predicted octanol–water partition coefficient (Wildman–Crippen LogP) is 3.95. The fourth-order valence-electron chi connectivity index (χ4n) is 1.60. The topological polar surface area (TPSA) is 26.0 Å². The van der Waals surface area contributed by atoms with Gasteiger partial charge in [-0.15, -0.1) is 0 Å². The molecule has 0 radical (unpaired) electrons. The van der Waals surface area contributed by atoms with Crippen molar-refractivity contribution in [3.05, 3.63) is 41.6 Å². The molecule has 1 aromatic carbocycles. The second-order valence-electron chi connectivity index (χ2n) is 5.14. The number of aryl methyl sites for hydroxylation is 1. The minimum Gasteiger partial charge on any atom is -0.356 e. The summed E-state index contributed by atoms with van der Waals surface area (Å²) in [7, 11) is 0. The first-order chi connectivity index (χ1) is 7.48. The largest absolute Gasteiger partial charge is 0.356 e. The Morgan fingerprint density at radius 3 is 2.38 bits per heavy atom. The average Bonchev–Trinajstić information content (AvgIpc) is 2.66. The maximum Gasteiger partial charge on any atom is 0.167 e. The maximum atomic E-state index is 5.41. The van der Waals surface area contributed by atoms with Gasteiger partial charge in [-0.25, -0.2) is 0 Å². The predicted molar refractivity (Wildman–Crippen MR) is 65.4 cm³/mol. The van der Waals surface area contributed by atoms with Gasteiger partial charge in [0.1, 0.15) is 0 Å². The summed E-state index contributed by atoms with van der Waals surface area (Å²) in [5.74, 6) is 0.850. The quantitative estimate of drug-likeness (QED) is 0.720. The average molecular weight is 215 g/mol. The molecular weight excluding hydrogens is 198 g/mol. The Morgan fingerprint density at radius 1 is 1.12 bits per heavy atom. The lowest BCUT2D eigenvalue weighted by molar-refractivity contribution is 0.402. The molecule has 2 nitrogen and oxygen atoms in total. The third-order valence-electron chi connectivity index (χ3n) is 2.69. The van der Waals surface area contributed by atoms with Crippen molar-refractivity contribution < 1.29 is 4.52 Å². The summed E-state index contributed by atoms with van der Waals surface area (Å²) < 4.78 is 5.41. The Morgan fingerprint density at radius 2 is 1.81 bits per heavy atom. The van der Waals surface area contributed by atoms with Crippen molar-refractivity contribution in [1.82, 2.24) is 5.16 Å². The van der Waals surface area contributed by atoms with Gasteiger partial charge in [-0.05, 0) is 12.5 Å². The minimum absolute atomic E-state index is 0.0322. The molecule has 2 aromatic rings. The number of rotatable bonds is 1. The second kappa shape index (κ2) is 3.78. The van der Waals surface area contributed by atoms with Crippen LogP contribution >= 0.6 is 0 Å². The van der Waals surface area contributed by atoms with Crippen molar-refractivity contribution in [3.63, 3.8) is 0 Å². The molecule has 0 amide bonds. The molecule has 1 aromatic heterocycles. The van der Waals surface area contributed by atoms with Gasteiger partial charge < -0.3 is 4.52 Å². The Balaban J connectivity index is 2.44. The lowest BCUT2D eigenvalue weighted by Gasteiger charge is -2.12. The highest BCUT2D eigenvalue weighted by molar-refractivity contribution is 5.61. The molecule has 1 heterocycles. The van der Waals surface area contributed by atoms with E-state index in [1.54, 1.807) is 0 Å². The van der Waals surface area contributed by atoms with E-state index in [-0.39, 0.29) is 5.41 Å². The van der Waals surface area contributed by atoms with Crippen LogP contribution in [0.25, 0.3) is 11.3 Å². The van der Waals surface area contributed by atoms with E-state index in [4.69, 9.17) is 4.52 Å². The van der Waals surface area contributed by atoms with Crippen molar-refractivity contribution in [2.75, 3.05) is 0 Å². The van der Waals surface area contributed by atoms with Gasteiger partial charge in [-0.2, -0.15) is 0 Å². The molecule has 16 heavy (non-hydrogen) atoms. The zero-order chi connectivity index (χ0) is 11.8. The number of benzene rings is 1. The molecule has 0 unspecified atom stereocenters. The van der Waals surface area contributed by atoms with E-state index < -0.39 is 0 Å². The van der Waals surface area contributed by atoms with Gasteiger partial charge >= 0.3 is 0 Å². The Labute approximate surface area is 96.3 Å². The van der Waals surface area contributed by atoms with Crippen LogP contribution in [0.1, 0.15) is 32.0 Å². The summed E-state index contributed by atoms with van der Waals surface area (Å²) in [6, 6.07) is 10.2. The standard InChI is InChI=1S/C14H17NO/c1-10-7-5-6-8-11(10)12-9-13(15-16-12)14(2,3)4/h5-9H,1-4H3. The van der Waals surface area contributed by atoms with E-state index in [2.05, 4.69) is 45.0 Å². The van der Waals surface area contributed by atoms with Crippen molar-refractivity contribution in [1.29, 1.82) is 0 Å². The van der Waals surface area contributed by atoms with Crippen LogP contribution in [0, 0.1) is 6.92 Å². The monoisotopic (exact) mass is 215 g/mol. The van der Waals surface area contributed by atoms with Gasteiger partial charge in [0.15, 0.2) is 5.76 Å². The Bertz CT molecular complexity index is 491. The maximum absolute atomic E-state index is 5.41.